The van der Waals surface area contributed by atoms with Gasteiger partial charge in [-0.1, -0.05) is 11.6 Å². The average Bonchev–Trinajstić information content (AvgIpc) is 3.23. The quantitative estimate of drug-likeness (QED) is 0.626. The predicted octanol–water partition coefficient (Wildman–Crippen LogP) is 4.16. The van der Waals surface area contributed by atoms with Gasteiger partial charge in [0.05, 0.1) is 36.0 Å². The highest BCUT2D eigenvalue weighted by atomic mass is 35.5. The zero-order valence-corrected chi connectivity index (χ0v) is 15.7. The molecule has 0 amide bonds. The number of aromatic nitrogens is 2. The number of hydrogen-bond acceptors (Lipinski definition) is 6. The molecule has 2 aromatic carbocycles. The summed E-state index contributed by atoms with van der Waals surface area (Å²) in [6.45, 7) is 2.17. The molecule has 3 aromatic rings. The lowest BCUT2D eigenvalue weighted by atomic mass is 10.1. The Morgan fingerprint density at radius 1 is 1.32 bits per heavy atom. The van der Waals surface area contributed by atoms with Gasteiger partial charge in [-0.3, -0.25) is 0 Å². The highest BCUT2D eigenvalue weighted by Crippen LogP contribution is 2.57. The van der Waals surface area contributed by atoms with Gasteiger partial charge in [0.25, 0.3) is 0 Å². The molecule has 1 aliphatic carbocycles. The van der Waals surface area contributed by atoms with Gasteiger partial charge >= 0.3 is 0 Å². The van der Waals surface area contributed by atoms with E-state index in [0.717, 1.165) is 25.0 Å². The first-order chi connectivity index (χ1) is 13.5. The molecule has 2 aliphatic rings. The van der Waals surface area contributed by atoms with Crippen molar-refractivity contribution in [2.75, 3.05) is 30.9 Å². The fourth-order valence-corrected chi connectivity index (χ4v) is 3.91. The van der Waals surface area contributed by atoms with Crippen LogP contribution < -0.4 is 15.8 Å². The molecule has 1 unspecified atom stereocenters. The number of ether oxygens (including phenoxy) is 2. The van der Waals surface area contributed by atoms with Gasteiger partial charge in [-0.05, 0) is 36.6 Å². The summed E-state index contributed by atoms with van der Waals surface area (Å²) in [4.78, 5) is 8.61. The predicted molar refractivity (Wildman–Crippen MR) is 105 cm³/mol. The molecule has 1 aliphatic heterocycles. The summed E-state index contributed by atoms with van der Waals surface area (Å²) in [5, 5.41) is 3.91. The molecule has 1 aromatic heterocycles. The number of rotatable bonds is 5. The van der Waals surface area contributed by atoms with Gasteiger partial charge in [-0.25, -0.2) is 14.4 Å². The third-order valence-electron chi connectivity index (χ3n) is 5.53. The molecule has 1 saturated heterocycles. The molecular weight excluding hydrogens is 383 g/mol. The average molecular weight is 401 g/mol. The minimum atomic E-state index is -0.476. The second kappa shape index (κ2) is 6.46. The van der Waals surface area contributed by atoms with Gasteiger partial charge in [0.2, 0.25) is 0 Å². The van der Waals surface area contributed by atoms with Crippen molar-refractivity contribution in [1.82, 2.24) is 9.97 Å². The summed E-state index contributed by atoms with van der Waals surface area (Å²) in [7, 11) is 0. The standard InChI is InChI=1S/C20H18ClFN4O2/c21-14-3-12(1-2-15(14)22)26-19-13-4-16(23)18(5-17(13)24-10-25-19)28-9-20-6-11(20)7-27-8-20/h1-5,10-11H,6-9,23H2,(H,24,25,26)/t11?,20-/m0/s1. The summed E-state index contributed by atoms with van der Waals surface area (Å²) in [6, 6.07) is 7.99. The maximum absolute atomic E-state index is 13.4. The van der Waals surface area contributed by atoms with Crippen molar-refractivity contribution in [3.8, 4) is 5.75 Å². The lowest BCUT2D eigenvalue weighted by Crippen LogP contribution is -2.17. The Labute approximate surface area is 165 Å². The van der Waals surface area contributed by atoms with Gasteiger partial charge in [0, 0.05) is 22.6 Å². The second-order valence-electron chi connectivity index (χ2n) is 7.45. The molecule has 0 radical (unpaired) electrons. The molecule has 8 heteroatoms. The summed E-state index contributed by atoms with van der Waals surface area (Å²) < 4.78 is 24.9. The Kier molecular flexibility index (Phi) is 4.03. The van der Waals surface area contributed by atoms with Gasteiger partial charge in [0.15, 0.2) is 0 Å². The lowest BCUT2D eigenvalue weighted by molar-refractivity contribution is 0.124. The van der Waals surface area contributed by atoms with E-state index < -0.39 is 5.82 Å². The first kappa shape index (κ1) is 17.5. The van der Waals surface area contributed by atoms with Gasteiger partial charge < -0.3 is 20.5 Å². The Bertz CT molecular complexity index is 1080. The van der Waals surface area contributed by atoms with Crippen molar-refractivity contribution >= 4 is 39.7 Å². The number of halogens is 2. The van der Waals surface area contributed by atoms with Crippen LogP contribution >= 0.6 is 11.6 Å². The summed E-state index contributed by atoms with van der Waals surface area (Å²) in [5.41, 5.74) is 8.20. The van der Waals surface area contributed by atoms with Crippen LogP contribution in [0.3, 0.4) is 0 Å². The third kappa shape index (κ3) is 3.00. The van der Waals surface area contributed by atoms with Crippen LogP contribution in [-0.2, 0) is 4.74 Å². The number of nitrogens with one attached hydrogen (secondary N) is 1. The smallest absolute Gasteiger partial charge is 0.144 e. The number of benzene rings is 2. The third-order valence-corrected chi connectivity index (χ3v) is 5.82. The van der Waals surface area contributed by atoms with Crippen LogP contribution in [0.2, 0.25) is 5.02 Å². The first-order valence-corrected chi connectivity index (χ1v) is 9.39. The van der Waals surface area contributed by atoms with Crippen LogP contribution in [-0.4, -0.2) is 29.8 Å². The second-order valence-corrected chi connectivity index (χ2v) is 7.86. The number of hydrogen-bond donors (Lipinski definition) is 2. The zero-order valence-electron chi connectivity index (χ0n) is 14.9. The largest absolute Gasteiger partial charge is 0.491 e. The zero-order chi connectivity index (χ0) is 19.3. The van der Waals surface area contributed by atoms with E-state index in [4.69, 9.17) is 26.8 Å². The van der Waals surface area contributed by atoms with Crippen LogP contribution in [0.25, 0.3) is 10.9 Å². The number of nitrogens with zero attached hydrogens (tertiary/aromatic N) is 2. The van der Waals surface area contributed by atoms with E-state index in [-0.39, 0.29) is 10.4 Å². The topological polar surface area (TPSA) is 82.3 Å². The van der Waals surface area contributed by atoms with E-state index in [1.165, 1.54) is 18.5 Å². The molecule has 6 nitrogen and oxygen atoms in total. The van der Waals surface area contributed by atoms with Crippen LogP contribution in [0.5, 0.6) is 5.75 Å². The number of nitrogens with two attached hydrogens (primary N) is 1. The summed E-state index contributed by atoms with van der Waals surface area (Å²) >= 11 is 5.85. The van der Waals surface area contributed by atoms with E-state index in [0.29, 0.717) is 41.0 Å². The van der Waals surface area contributed by atoms with Crippen LogP contribution in [0.1, 0.15) is 6.42 Å². The highest BCUT2D eigenvalue weighted by molar-refractivity contribution is 6.31. The normalized spacial score (nSPS) is 22.9. The Morgan fingerprint density at radius 2 is 2.21 bits per heavy atom. The van der Waals surface area contributed by atoms with Gasteiger partial charge in [0.1, 0.15) is 23.7 Å². The van der Waals surface area contributed by atoms with E-state index in [9.17, 15) is 4.39 Å². The maximum Gasteiger partial charge on any atom is 0.144 e. The first-order valence-electron chi connectivity index (χ1n) is 9.01. The lowest BCUT2D eigenvalue weighted by Gasteiger charge is -2.16. The summed E-state index contributed by atoms with van der Waals surface area (Å²) in [5.74, 6) is 1.29. The number of nitrogen functional groups attached to an aromatic ring is 1. The molecular formula is C20H18ClFN4O2. The Balaban J connectivity index is 1.42. The summed E-state index contributed by atoms with van der Waals surface area (Å²) in [6.07, 6.45) is 2.60. The molecule has 2 fully saturated rings. The Hall–Kier alpha value is -2.64. The van der Waals surface area contributed by atoms with Crippen LogP contribution in [0, 0.1) is 17.2 Å². The minimum absolute atomic E-state index is 0.0345. The molecule has 144 valence electrons. The molecule has 0 spiro atoms. The fraction of sp³-hybridized carbons (Fsp3) is 0.300. The monoisotopic (exact) mass is 400 g/mol. The minimum Gasteiger partial charge on any atom is -0.491 e. The van der Waals surface area contributed by atoms with Crippen molar-refractivity contribution in [3.05, 3.63) is 47.5 Å². The molecule has 1 saturated carbocycles. The van der Waals surface area contributed by atoms with E-state index in [1.807, 2.05) is 6.07 Å². The van der Waals surface area contributed by atoms with Crippen molar-refractivity contribution < 1.29 is 13.9 Å². The SMILES string of the molecule is Nc1cc2c(Nc3ccc(F)c(Cl)c3)ncnc2cc1OC[C@]12COCC1C2. The van der Waals surface area contributed by atoms with Crippen LogP contribution in [0.4, 0.5) is 21.6 Å². The van der Waals surface area contributed by atoms with Crippen molar-refractivity contribution in [2.45, 2.75) is 6.42 Å². The molecule has 2 heterocycles. The molecule has 5 rings (SSSR count). The molecule has 3 N–H and O–H groups in total. The van der Waals surface area contributed by atoms with Gasteiger partial charge in [-0.2, -0.15) is 0 Å². The highest BCUT2D eigenvalue weighted by Gasteiger charge is 2.59. The van der Waals surface area contributed by atoms with Crippen molar-refractivity contribution in [2.24, 2.45) is 11.3 Å². The van der Waals surface area contributed by atoms with Gasteiger partial charge in [-0.15, -0.1) is 0 Å². The maximum atomic E-state index is 13.4. The number of anilines is 3. The van der Waals surface area contributed by atoms with E-state index in [2.05, 4.69) is 15.3 Å². The molecule has 0 bridgehead atoms. The molecule has 28 heavy (non-hydrogen) atoms. The number of fused-ring (bicyclic) bond motifs is 2. The fourth-order valence-electron chi connectivity index (χ4n) is 3.72. The van der Waals surface area contributed by atoms with Crippen molar-refractivity contribution in [1.29, 1.82) is 0 Å². The van der Waals surface area contributed by atoms with E-state index >= 15 is 0 Å². The Morgan fingerprint density at radius 3 is 2.96 bits per heavy atom. The molecule has 2 atom stereocenters. The van der Waals surface area contributed by atoms with Crippen LogP contribution in [0.15, 0.2) is 36.7 Å². The van der Waals surface area contributed by atoms with Crippen molar-refractivity contribution in [3.63, 3.8) is 0 Å². The van der Waals surface area contributed by atoms with E-state index in [1.54, 1.807) is 12.1 Å².